The smallest absolute Gasteiger partial charge is 0.261 e. The minimum absolute atomic E-state index is 0.0764. The molecular weight excluding hydrogens is 456 g/mol. The summed E-state index contributed by atoms with van der Waals surface area (Å²) in [5.41, 5.74) is -0.641. The maximum atomic E-state index is 12.8. The third kappa shape index (κ3) is 6.66. The Kier molecular flexibility index (Phi) is 9.46. The van der Waals surface area contributed by atoms with Gasteiger partial charge in [0.25, 0.3) is 8.32 Å². The van der Waals surface area contributed by atoms with Crippen molar-refractivity contribution in [3.8, 4) is 6.07 Å². The second-order valence-electron chi connectivity index (χ2n) is 11.5. The van der Waals surface area contributed by atoms with Gasteiger partial charge >= 0.3 is 0 Å². The van der Waals surface area contributed by atoms with E-state index in [9.17, 15) is 9.47 Å². The van der Waals surface area contributed by atoms with Crippen LogP contribution in [0.3, 0.4) is 0 Å². The zero-order valence-corrected chi connectivity index (χ0v) is 24.0. The molecule has 0 aliphatic carbocycles. The second-order valence-corrected chi connectivity index (χ2v) is 17.8. The Morgan fingerprint density at radius 1 is 0.912 bits per heavy atom. The summed E-state index contributed by atoms with van der Waals surface area (Å²) in [5.74, 6) is 0. The van der Waals surface area contributed by atoms with Crippen molar-refractivity contribution in [2.75, 3.05) is 6.61 Å². The fourth-order valence-corrected chi connectivity index (χ4v) is 9.86. The lowest BCUT2D eigenvalue weighted by Crippen LogP contribution is -2.66. The van der Waals surface area contributed by atoms with Gasteiger partial charge in [0.05, 0.1) is 27.2 Å². The molecule has 0 fully saturated rings. The van der Waals surface area contributed by atoms with Gasteiger partial charge in [-0.1, -0.05) is 81.4 Å². The van der Waals surface area contributed by atoms with Gasteiger partial charge in [0.15, 0.2) is 0 Å². The molecule has 2 atom stereocenters. The van der Waals surface area contributed by atoms with Crippen molar-refractivity contribution in [1.29, 1.82) is 5.26 Å². The van der Waals surface area contributed by atoms with Crippen molar-refractivity contribution in [3.05, 3.63) is 60.7 Å². The highest BCUT2D eigenvalue weighted by Crippen LogP contribution is 2.37. The van der Waals surface area contributed by atoms with Crippen molar-refractivity contribution >= 4 is 29.7 Å². The van der Waals surface area contributed by atoms with Crippen LogP contribution in [-0.4, -0.2) is 29.9 Å². The quantitative estimate of drug-likeness (QED) is 0.356. The minimum Gasteiger partial charge on any atom is -0.407 e. The van der Waals surface area contributed by atoms with E-state index in [2.05, 4.69) is 80.1 Å². The van der Waals surface area contributed by atoms with Gasteiger partial charge in [-0.2, -0.15) is 5.26 Å². The first kappa shape index (κ1) is 28.5. The molecule has 0 unspecified atom stereocenters. The fourth-order valence-electron chi connectivity index (χ4n) is 4.23. The van der Waals surface area contributed by atoms with Crippen LogP contribution in [-0.2, 0) is 15.4 Å². The van der Waals surface area contributed by atoms with E-state index in [1.54, 1.807) is 0 Å². The Morgan fingerprint density at radius 2 is 1.38 bits per heavy atom. The van der Waals surface area contributed by atoms with Crippen LogP contribution in [0.5, 0.6) is 0 Å². The summed E-state index contributed by atoms with van der Waals surface area (Å²) in [7, 11) is -3.83. The number of hydrogen-bond acceptors (Lipinski definition) is 3. The molecule has 1 N–H and O–H groups in total. The molecule has 4 nitrogen and oxygen atoms in total. The summed E-state index contributed by atoms with van der Waals surface area (Å²) in [5, 5.41) is 12.2. The van der Waals surface area contributed by atoms with Gasteiger partial charge in [0.2, 0.25) is 0 Å². The van der Waals surface area contributed by atoms with Crippen LogP contribution in [0.15, 0.2) is 60.7 Å². The predicted molar refractivity (Wildman–Crippen MR) is 147 cm³/mol. The SMILES string of the molecule is CC(C)(C#N)[C@@H](CCCO[Si](c1ccccc1)(c1ccccc1)C(C)(C)C)N[S@@](=O)C(C)(C)C. The number of nitrogens with one attached hydrogen (secondary N) is 1. The van der Waals surface area contributed by atoms with Crippen molar-refractivity contribution in [3.63, 3.8) is 0 Å². The van der Waals surface area contributed by atoms with E-state index in [-0.39, 0.29) is 11.1 Å². The van der Waals surface area contributed by atoms with Gasteiger partial charge in [-0.05, 0) is 62.9 Å². The van der Waals surface area contributed by atoms with Crippen molar-refractivity contribution < 1.29 is 8.63 Å². The third-order valence-corrected chi connectivity index (χ3v) is 13.0. The molecule has 2 aromatic rings. The van der Waals surface area contributed by atoms with Crippen molar-refractivity contribution in [2.45, 2.75) is 84.1 Å². The zero-order chi connectivity index (χ0) is 25.6. The van der Waals surface area contributed by atoms with Gasteiger partial charge in [-0.3, -0.25) is 0 Å². The third-order valence-electron chi connectivity index (χ3n) is 6.34. The molecule has 2 rings (SSSR count). The van der Waals surface area contributed by atoms with Crippen LogP contribution >= 0.6 is 0 Å². The van der Waals surface area contributed by atoms with Crippen LogP contribution in [0.2, 0.25) is 5.04 Å². The molecule has 0 spiro atoms. The van der Waals surface area contributed by atoms with Crippen LogP contribution in [0, 0.1) is 16.7 Å². The highest BCUT2D eigenvalue weighted by molar-refractivity contribution is 7.84. The molecule has 2 aromatic carbocycles. The summed E-state index contributed by atoms with van der Waals surface area (Å²) < 4.78 is 22.6. The van der Waals surface area contributed by atoms with Crippen molar-refractivity contribution in [2.24, 2.45) is 5.41 Å². The Hall–Kier alpha value is -1.78. The van der Waals surface area contributed by atoms with Gasteiger partial charge in [-0.15, -0.1) is 0 Å². The second kappa shape index (κ2) is 11.3. The van der Waals surface area contributed by atoms with Crippen LogP contribution in [0.25, 0.3) is 0 Å². The molecule has 0 aromatic heterocycles. The maximum Gasteiger partial charge on any atom is 0.261 e. The minimum atomic E-state index is -2.58. The summed E-state index contributed by atoms with van der Waals surface area (Å²) >= 11 is 0. The lowest BCUT2D eigenvalue weighted by Gasteiger charge is -2.43. The summed E-state index contributed by atoms with van der Waals surface area (Å²) in [6, 6.07) is 23.4. The first-order valence-corrected chi connectivity index (χ1v) is 15.2. The number of nitriles is 1. The van der Waals surface area contributed by atoms with Gasteiger partial charge in [-0.25, -0.2) is 8.93 Å². The predicted octanol–water partition coefficient (Wildman–Crippen LogP) is 5.31. The summed E-state index contributed by atoms with van der Waals surface area (Å²) in [4.78, 5) is 0. The number of benzene rings is 2. The monoisotopic (exact) mass is 498 g/mol. The van der Waals surface area contributed by atoms with E-state index in [1.165, 1.54) is 10.4 Å². The standard InChI is InChI=1S/C28H42N2O2SSi/c1-26(2,3)33(31)30-25(28(7,8)22-29)20-15-21-32-34(27(4,5)6,23-16-11-9-12-17-23)24-18-13-10-14-19-24/h9-14,16-19,25,30H,15,20-21H2,1-8H3/t25-,33+/m1/s1. The van der Waals surface area contributed by atoms with E-state index in [1.807, 2.05) is 46.8 Å². The molecule has 34 heavy (non-hydrogen) atoms. The van der Waals surface area contributed by atoms with E-state index in [0.29, 0.717) is 13.0 Å². The Bertz CT molecular complexity index is 934. The van der Waals surface area contributed by atoms with Crippen molar-refractivity contribution in [1.82, 2.24) is 4.72 Å². The average molecular weight is 499 g/mol. The zero-order valence-electron chi connectivity index (χ0n) is 22.1. The molecule has 0 radical (unpaired) electrons. The van der Waals surface area contributed by atoms with E-state index >= 15 is 0 Å². The number of nitrogens with zero attached hydrogens (tertiary/aromatic N) is 1. The lowest BCUT2D eigenvalue weighted by molar-refractivity contribution is 0.261. The molecule has 0 aliphatic rings. The van der Waals surface area contributed by atoms with E-state index < -0.39 is 29.5 Å². The molecule has 0 saturated heterocycles. The molecule has 0 amide bonds. The van der Waals surface area contributed by atoms with Crippen LogP contribution in [0.4, 0.5) is 0 Å². The molecule has 0 saturated carbocycles. The van der Waals surface area contributed by atoms with Crippen LogP contribution in [0.1, 0.15) is 68.2 Å². The topological polar surface area (TPSA) is 62.1 Å². The summed E-state index contributed by atoms with van der Waals surface area (Å²) in [6.45, 7) is 17.0. The average Bonchev–Trinajstić information content (AvgIpc) is 2.77. The van der Waals surface area contributed by atoms with Gasteiger partial charge < -0.3 is 4.43 Å². The molecule has 0 aliphatic heterocycles. The molecule has 0 bridgehead atoms. The highest BCUT2D eigenvalue weighted by atomic mass is 32.2. The molecule has 6 heteroatoms. The van der Waals surface area contributed by atoms with Gasteiger partial charge in [0.1, 0.15) is 0 Å². The largest absolute Gasteiger partial charge is 0.407 e. The maximum absolute atomic E-state index is 12.8. The molecule has 186 valence electrons. The lowest BCUT2D eigenvalue weighted by atomic mass is 9.84. The summed E-state index contributed by atoms with van der Waals surface area (Å²) in [6.07, 6.45) is 1.48. The number of rotatable bonds is 10. The van der Waals surface area contributed by atoms with E-state index in [0.717, 1.165) is 6.42 Å². The highest BCUT2D eigenvalue weighted by Gasteiger charge is 2.50. The fraction of sp³-hybridized carbons (Fsp3) is 0.536. The Morgan fingerprint density at radius 3 is 1.76 bits per heavy atom. The Labute approximate surface area is 210 Å². The van der Waals surface area contributed by atoms with Gasteiger partial charge in [0, 0.05) is 12.6 Å². The van der Waals surface area contributed by atoms with Crippen LogP contribution < -0.4 is 15.1 Å². The first-order chi connectivity index (χ1) is 15.8. The normalized spacial score (nSPS) is 14.9. The Balaban J connectivity index is 2.30. The first-order valence-electron chi connectivity index (χ1n) is 12.1. The molecular formula is C28H42N2O2SSi. The molecule has 0 heterocycles. The van der Waals surface area contributed by atoms with E-state index in [4.69, 9.17) is 4.43 Å². The number of hydrogen-bond donors (Lipinski definition) is 1.